The van der Waals surface area contributed by atoms with E-state index in [1.165, 1.54) is 6.92 Å². The van der Waals surface area contributed by atoms with Gasteiger partial charge in [-0.3, -0.25) is 14.5 Å². The van der Waals surface area contributed by atoms with E-state index in [0.717, 1.165) is 0 Å². The van der Waals surface area contributed by atoms with Crippen LogP contribution in [0.3, 0.4) is 0 Å². The first-order chi connectivity index (χ1) is 11.3. The Morgan fingerprint density at radius 1 is 1.38 bits per heavy atom. The largest absolute Gasteiger partial charge is 0.355 e. The number of nitrogens with zero attached hydrogens (tertiary/aromatic N) is 3. The van der Waals surface area contributed by atoms with Crippen LogP contribution in [0, 0.1) is 0 Å². The first kappa shape index (κ1) is 16.9. The summed E-state index contributed by atoms with van der Waals surface area (Å²) in [6, 6.07) is 3.08. The molecule has 0 bridgehead atoms. The highest BCUT2D eigenvalue weighted by Gasteiger charge is 2.50. The van der Waals surface area contributed by atoms with Crippen molar-refractivity contribution in [2.75, 3.05) is 26.2 Å². The highest BCUT2D eigenvalue weighted by atomic mass is 19.3. The molecule has 2 amide bonds. The molecule has 132 valence electrons. The van der Waals surface area contributed by atoms with Crippen LogP contribution in [0.5, 0.6) is 0 Å². The van der Waals surface area contributed by atoms with Gasteiger partial charge in [0.2, 0.25) is 5.91 Å². The molecule has 24 heavy (non-hydrogen) atoms. The minimum absolute atomic E-state index is 0.0804. The second kappa shape index (κ2) is 6.16. The third kappa shape index (κ3) is 3.28. The molecule has 1 atom stereocenters. The lowest BCUT2D eigenvalue weighted by molar-refractivity contribution is -0.119. The Morgan fingerprint density at radius 2 is 2.08 bits per heavy atom. The van der Waals surface area contributed by atoms with E-state index in [9.17, 15) is 18.4 Å². The van der Waals surface area contributed by atoms with Crippen LogP contribution < -0.4 is 5.32 Å². The van der Waals surface area contributed by atoms with E-state index in [2.05, 4.69) is 5.32 Å². The van der Waals surface area contributed by atoms with Crippen LogP contribution in [-0.2, 0) is 11.8 Å². The van der Waals surface area contributed by atoms with Gasteiger partial charge in [-0.1, -0.05) is 0 Å². The molecule has 0 saturated carbocycles. The summed E-state index contributed by atoms with van der Waals surface area (Å²) >= 11 is 0. The van der Waals surface area contributed by atoms with E-state index in [1.54, 1.807) is 39.7 Å². The summed E-state index contributed by atoms with van der Waals surface area (Å²) in [5.41, 5.74) is 0.593. The standard InChI is InChI=1S/C16H22F2N4O2/c1-11(23)19-7-12-6-16(17,18)10-22(12)13-8-21(9-13)15(24)14-4-3-5-20(14)2/h3-5,12-13H,6-10H2,1-2H3,(H,19,23)/t12-/m0/s1. The fourth-order valence-corrected chi connectivity index (χ4v) is 3.48. The number of aryl methyl sites for hydroxylation is 1. The summed E-state index contributed by atoms with van der Waals surface area (Å²) in [5.74, 6) is -3.05. The summed E-state index contributed by atoms with van der Waals surface area (Å²) in [5, 5.41) is 2.62. The predicted octanol–water partition coefficient (Wildman–Crippen LogP) is 0.695. The van der Waals surface area contributed by atoms with Gasteiger partial charge in [0, 0.05) is 58.3 Å². The molecule has 0 unspecified atom stereocenters. The van der Waals surface area contributed by atoms with Gasteiger partial charge in [-0.15, -0.1) is 0 Å². The van der Waals surface area contributed by atoms with Gasteiger partial charge in [-0.25, -0.2) is 8.78 Å². The Bertz CT molecular complexity index is 640. The smallest absolute Gasteiger partial charge is 0.270 e. The zero-order chi connectivity index (χ0) is 17.5. The van der Waals surface area contributed by atoms with Crippen molar-refractivity contribution in [3.05, 3.63) is 24.0 Å². The summed E-state index contributed by atoms with van der Waals surface area (Å²) in [6.45, 7) is 2.16. The quantitative estimate of drug-likeness (QED) is 0.878. The van der Waals surface area contributed by atoms with Crippen LogP contribution in [0.4, 0.5) is 8.78 Å². The van der Waals surface area contributed by atoms with Gasteiger partial charge in [0.1, 0.15) is 5.69 Å². The third-order valence-corrected chi connectivity index (χ3v) is 4.79. The number of carbonyl (C=O) groups is 2. The van der Waals surface area contributed by atoms with Crippen LogP contribution in [-0.4, -0.2) is 70.4 Å². The molecule has 8 heteroatoms. The molecule has 2 aliphatic rings. The number of carbonyl (C=O) groups excluding carboxylic acids is 2. The van der Waals surface area contributed by atoms with E-state index in [0.29, 0.717) is 18.8 Å². The number of nitrogens with one attached hydrogen (secondary N) is 1. The second-order valence-electron chi connectivity index (χ2n) is 6.69. The van der Waals surface area contributed by atoms with Gasteiger partial charge >= 0.3 is 0 Å². The van der Waals surface area contributed by atoms with E-state index in [1.807, 2.05) is 0 Å². The molecule has 1 aromatic rings. The Labute approximate surface area is 139 Å². The molecular formula is C16H22F2N4O2. The van der Waals surface area contributed by atoms with Crippen molar-refractivity contribution in [1.82, 2.24) is 19.7 Å². The molecule has 0 aliphatic carbocycles. The number of likely N-dealkylation sites (tertiary alicyclic amines) is 2. The van der Waals surface area contributed by atoms with Gasteiger partial charge in [-0.2, -0.15) is 0 Å². The Hall–Kier alpha value is -1.96. The first-order valence-corrected chi connectivity index (χ1v) is 8.05. The average molecular weight is 340 g/mol. The molecule has 0 aromatic carbocycles. The first-order valence-electron chi connectivity index (χ1n) is 8.05. The maximum absolute atomic E-state index is 13.8. The van der Waals surface area contributed by atoms with Gasteiger partial charge in [-0.05, 0) is 12.1 Å². The zero-order valence-corrected chi connectivity index (χ0v) is 13.8. The lowest BCUT2D eigenvalue weighted by Crippen LogP contribution is -2.63. The highest BCUT2D eigenvalue weighted by Crippen LogP contribution is 2.35. The number of rotatable bonds is 4. The number of aromatic nitrogens is 1. The van der Waals surface area contributed by atoms with Crippen molar-refractivity contribution in [1.29, 1.82) is 0 Å². The summed E-state index contributed by atoms with van der Waals surface area (Å²) in [7, 11) is 1.80. The molecule has 2 fully saturated rings. The Kier molecular flexibility index (Phi) is 4.33. The molecule has 3 rings (SSSR count). The SMILES string of the molecule is CC(=O)NC[C@@H]1CC(F)(F)CN1C1CN(C(=O)c2cccn2C)C1. The van der Waals surface area contributed by atoms with Crippen molar-refractivity contribution in [3.63, 3.8) is 0 Å². The van der Waals surface area contributed by atoms with Crippen molar-refractivity contribution in [2.24, 2.45) is 7.05 Å². The van der Waals surface area contributed by atoms with E-state index in [-0.39, 0.29) is 43.4 Å². The van der Waals surface area contributed by atoms with Crippen LogP contribution in [0.15, 0.2) is 18.3 Å². The van der Waals surface area contributed by atoms with Crippen molar-refractivity contribution >= 4 is 11.8 Å². The highest BCUT2D eigenvalue weighted by molar-refractivity contribution is 5.93. The van der Waals surface area contributed by atoms with Crippen molar-refractivity contribution < 1.29 is 18.4 Å². The lowest BCUT2D eigenvalue weighted by atomic mass is 10.0. The Balaban J connectivity index is 1.60. The maximum atomic E-state index is 13.8. The minimum atomic E-state index is -2.74. The molecule has 1 N–H and O–H groups in total. The third-order valence-electron chi connectivity index (χ3n) is 4.79. The molecule has 6 nitrogen and oxygen atoms in total. The van der Waals surface area contributed by atoms with Crippen molar-refractivity contribution in [3.8, 4) is 0 Å². The van der Waals surface area contributed by atoms with E-state index in [4.69, 9.17) is 0 Å². The molecule has 2 saturated heterocycles. The van der Waals surface area contributed by atoms with Crippen LogP contribution in [0.2, 0.25) is 0 Å². The number of halogens is 2. The summed E-state index contributed by atoms with van der Waals surface area (Å²) in [6.07, 6.45) is 1.55. The molecule has 2 aliphatic heterocycles. The predicted molar refractivity (Wildman–Crippen MR) is 83.8 cm³/mol. The molecule has 0 spiro atoms. The van der Waals surface area contributed by atoms with Gasteiger partial charge in [0.05, 0.1) is 6.54 Å². The summed E-state index contributed by atoms with van der Waals surface area (Å²) in [4.78, 5) is 26.8. The number of hydrogen-bond donors (Lipinski definition) is 1. The Morgan fingerprint density at radius 3 is 2.67 bits per heavy atom. The second-order valence-corrected chi connectivity index (χ2v) is 6.69. The average Bonchev–Trinajstić information content (AvgIpc) is 2.98. The number of amides is 2. The van der Waals surface area contributed by atoms with Gasteiger partial charge < -0.3 is 14.8 Å². The minimum Gasteiger partial charge on any atom is -0.355 e. The molecule has 1 aromatic heterocycles. The topological polar surface area (TPSA) is 57.6 Å². The monoisotopic (exact) mass is 340 g/mol. The molecule has 3 heterocycles. The summed E-state index contributed by atoms with van der Waals surface area (Å²) < 4.78 is 29.3. The van der Waals surface area contributed by atoms with Crippen molar-refractivity contribution in [2.45, 2.75) is 31.4 Å². The maximum Gasteiger partial charge on any atom is 0.270 e. The van der Waals surface area contributed by atoms with Gasteiger partial charge in [0.25, 0.3) is 11.8 Å². The van der Waals surface area contributed by atoms with Crippen LogP contribution in [0.1, 0.15) is 23.8 Å². The van der Waals surface area contributed by atoms with Crippen LogP contribution >= 0.6 is 0 Å². The number of alkyl halides is 2. The van der Waals surface area contributed by atoms with Gasteiger partial charge in [0.15, 0.2) is 0 Å². The zero-order valence-electron chi connectivity index (χ0n) is 13.8. The van der Waals surface area contributed by atoms with E-state index < -0.39 is 5.92 Å². The lowest BCUT2D eigenvalue weighted by Gasteiger charge is -2.45. The van der Waals surface area contributed by atoms with Crippen LogP contribution in [0.25, 0.3) is 0 Å². The fourth-order valence-electron chi connectivity index (χ4n) is 3.48. The normalized spacial score (nSPS) is 24.0. The molecular weight excluding hydrogens is 318 g/mol. The fraction of sp³-hybridized carbons (Fsp3) is 0.625. The number of hydrogen-bond acceptors (Lipinski definition) is 3. The van der Waals surface area contributed by atoms with E-state index >= 15 is 0 Å². The molecule has 0 radical (unpaired) electrons.